The van der Waals surface area contributed by atoms with Crippen LogP contribution in [-0.4, -0.2) is 50.5 Å². The monoisotopic (exact) mass is 541 g/mol. The van der Waals surface area contributed by atoms with Gasteiger partial charge >= 0.3 is 0 Å². The van der Waals surface area contributed by atoms with Crippen molar-refractivity contribution in [3.8, 4) is 0 Å². The fourth-order valence-corrected chi connectivity index (χ4v) is 4.62. The Bertz CT molecular complexity index is 1140. The summed E-state index contributed by atoms with van der Waals surface area (Å²) in [5.74, 6) is -0.567. The Balaban J connectivity index is 2.39. The molecule has 1 unspecified atom stereocenters. The molecule has 0 aliphatic heterocycles. The van der Waals surface area contributed by atoms with Crippen molar-refractivity contribution in [1.82, 2.24) is 10.2 Å². The average molecular weight is 543 g/mol. The molecule has 1 atom stereocenters. The van der Waals surface area contributed by atoms with Crippen LogP contribution in [0, 0.1) is 0 Å². The summed E-state index contributed by atoms with van der Waals surface area (Å²) < 4.78 is 26.3. The zero-order chi connectivity index (χ0) is 26.3. The van der Waals surface area contributed by atoms with E-state index in [-0.39, 0.29) is 18.4 Å². The number of amides is 2. The van der Waals surface area contributed by atoms with E-state index in [1.165, 1.54) is 4.90 Å². The van der Waals surface area contributed by atoms with Gasteiger partial charge in [-0.25, -0.2) is 8.42 Å². The van der Waals surface area contributed by atoms with Gasteiger partial charge in [0.2, 0.25) is 21.8 Å². The molecule has 2 rings (SSSR count). The van der Waals surface area contributed by atoms with E-state index in [0.29, 0.717) is 27.8 Å². The van der Waals surface area contributed by atoms with Crippen molar-refractivity contribution in [2.75, 3.05) is 23.7 Å². The highest BCUT2D eigenvalue weighted by molar-refractivity contribution is 7.92. The van der Waals surface area contributed by atoms with Gasteiger partial charge < -0.3 is 10.2 Å². The number of halogens is 2. The van der Waals surface area contributed by atoms with Crippen LogP contribution in [0.3, 0.4) is 0 Å². The van der Waals surface area contributed by atoms with Crippen LogP contribution < -0.4 is 9.62 Å². The first-order chi connectivity index (χ1) is 16.3. The zero-order valence-corrected chi connectivity index (χ0v) is 23.0. The lowest BCUT2D eigenvalue weighted by molar-refractivity contribution is -0.139. The van der Waals surface area contributed by atoms with E-state index in [4.69, 9.17) is 23.2 Å². The van der Waals surface area contributed by atoms with Crippen molar-refractivity contribution in [3.05, 3.63) is 63.6 Å². The number of sulfonamides is 1. The van der Waals surface area contributed by atoms with Crippen molar-refractivity contribution < 1.29 is 18.0 Å². The van der Waals surface area contributed by atoms with Gasteiger partial charge in [0.25, 0.3) is 0 Å². The summed E-state index contributed by atoms with van der Waals surface area (Å²) in [6.07, 6.45) is 1.80. The molecule has 0 fully saturated rings. The Labute approximate surface area is 218 Å². The van der Waals surface area contributed by atoms with E-state index in [9.17, 15) is 18.0 Å². The minimum Gasteiger partial charge on any atom is -0.354 e. The SMILES string of the molecule is CCCNC(=O)C(C)N(Cc1ccc(Cl)c(Cl)c1)C(=O)CN(c1ccc(C(C)C)cc1)S(C)(=O)=O. The Morgan fingerprint density at radius 2 is 1.63 bits per heavy atom. The highest BCUT2D eigenvalue weighted by Gasteiger charge is 2.30. The molecule has 0 aliphatic rings. The summed E-state index contributed by atoms with van der Waals surface area (Å²) in [5, 5.41) is 3.49. The predicted molar refractivity (Wildman–Crippen MR) is 142 cm³/mol. The summed E-state index contributed by atoms with van der Waals surface area (Å²) in [6.45, 7) is 7.70. The standard InChI is InChI=1S/C25H33Cl2N3O4S/c1-6-13-28-25(32)18(4)29(15-19-7-12-22(26)23(27)14-19)24(31)16-30(35(5,33)34)21-10-8-20(9-11-21)17(2)3/h7-12,14,17-18H,6,13,15-16H2,1-5H3,(H,28,32). The molecule has 0 heterocycles. The summed E-state index contributed by atoms with van der Waals surface area (Å²) in [7, 11) is -3.78. The second kappa shape index (κ2) is 12.6. The van der Waals surface area contributed by atoms with Crippen molar-refractivity contribution in [2.24, 2.45) is 0 Å². The van der Waals surface area contributed by atoms with Crippen molar-refractivity contribution in [1.29, 1.82) is 0 Å². The fourth-order valence-electron chi connectivity index (χ4n) is 3.45. The van der Waals surface area contributed by atoms with Crippen LogP contribution in [0.5, 0.6) is 0 Å². The van der Waals surface area contributed by atoms with Crippen molar-refractivity contribution in [3.63, 3.8) is 0 Å². The summed E-state index contributed by atoms with van der Waals surface area (Å²) in [6, 6.07) is 11.2. The van der Waals surface area contributed by atoms with Crippen LogP contribution in [-0.2, 0) is 26.2 Å². The Kier molecular flexibility index (Phi) is 10.4. The highest BCUT2D eigenvalue weighted by atomic mass is 35.5. The third kappa shape index (κ3) is 8.12. The largest absolute Gasteiger partial charge is 0.354 e. The van der Waals surface area contributed by atoms with E-state index < -0.39 is 28.5 Å². The molecule has 7 nitrogen and oxygen atoms in total. The number of nitrogens with zero attached hydrogens (tertiary/aromatic N) is 2. The van der Waals surface area contributed by atoms with Gasteiger partial charge in [-0.05, 0) is 54.7 Å². The first kappa shape index (κ1) is 28.9. The normalized spacial score (nSPS) is 12.3. The van der Waals surface area contributed by atoms with Crippen LogP contribution in [0.15, 0.2) is 42.5 Å². The van der Waals surface area contributed by atoms with Gasteiger partial charge in [-0.15, -0.1) is 0 Å². The van der Waals surface area contributed by atoms with Crippen LogP contribution >= 0.6 is 23.2 Å². The van der Waals surface area contributed by atoms with Gasteiger partial charge in [0, 0.05) is 13.1 Å². The molecule has 2 aromatic rings. The van der Waals surface area contributed by atoms with Gasteiger partial charge in [0.15, 0.2) is 0 Å². The third-order valence-electron chi connectivity index (χ3n) is 5.58. The summed E-state index contributed by atoms with van der Waals surface area (Å²) in [4.78, 5) is 27.6. The molecule has 10 heteroatoms. The summed E-state index contributed by atoms with van der Waals surface area (Å²) >= 11 is 12.2. The maximum absolute atomic E-state index is 13.5. The van der Waals surface area contributed by atoms with Gasteiger partial charge in [-0.1, -0.05) is 62.2 Å². The second-order valence-corrected chi connectivity index (χ2v) is 11.5. The molecule has 0 saturated carbocycles. The fraction of sp³-hybridized carbons (Fsp3) is 0.440. The van der Waals surface area contributed by atoms with Gasteiger partial charge in [-0.2, -0.15) is 0 Å². The molecule has 0 radical (unpaired) electrons. The number of carbonyl (C=O) groups is 2. The van der Waals surface area contributed by atoms with E-state index in [1.807, 2.05) is 32.9 Å². The molecule has 2 aromatic carbocycles. The van der Waals surface area contributed by atoms with E-state index in [0.717, 1.165) is 22.5 Å². The Morgan fingerprint density at radius 1 is 1.00 bits per heavy atom. The smallest absolute Gasteiger partial charge is 0.244 e. The molecule has 1 N–H and O–H groups in total. The number of hydrogen-bond acceptors (Lipinski definition) is 4. The number of benzene rings is 2. The molecular weight excluding hydrogens is 509 g/mol. The molecule has 35 heavy (non-hydrogen) atoms. The lowest BCUT2D eigenvalue weighted by atomic mass is 10.0. The third-order valence-corrected chi connectivity index (χ3v) is 7.46. The minimum atomic E-state index is -3.78. The summed E-state index contributed by atoms with van der Waals surface area (Å²) in [5.41, 5.74) is 2.09. The van der Waals surface area contributed by atoms with Crippen LogP contribution in [0.1, 0.15) is 51.2 Å². The molecule has 2 amide bonds. The van der Waals surface area contributed by atoms with E-state index in [2.05, 4.69) is 5.32 Å². The van der Waals surface area contributed by atoms with Crippen molar-refractivity contribution in [2.45, 2.75) is 52.6 Å². The Hall–Kier alpha value is -2.29. The van der Waals surface area contributed by atoms with Gasteiger partial charge in [0.05, 0.1) is 22.0 Å². The maximum atomic E-state index is 13.5. The molecule has 0 bridgehead atoms. The maximum Gasteiger partial charge on any atom is 0.244 e. The molecule has 0 saturated heterocycles. The number of nitrogens with one attached hydrogen (secondary N) is 1. The second-order valence-electron chi connectivity index (χ2n) is 8.75. The highest BCUT2D eigenvalue weighted by Crippen LogP contribution is 2.25. The topological polar surface area (TPSA) is 86.8 Å². The molecule has 0 aliphatic carbocycles. The first-order valence-electron chi connectivity index (χ1n) is 11.4. The van der Waals surface area contributed by atoms with Gasteiger partial charge in [0.1, 0.15) is 12.6 Å². The van der Waals surface area contributed by atoms with Gasteiger partial charge in [-0.3, -0.25) is 13.9 Å². The molecule has 0 spiro atoms. The minimum absolute atomic E-state index is 0.0559. The van der Waals surface area contributed by atoms with Crippen LogP contribution in [0.25, 0.3) is 0 Å². The van der Waals surface area contributed by atoms with Crippen LogP contribution in [0.2, 0.25) is 10.0 Å². The van der Waals surface area contributed by atoms with E-state index in [1.54, 1.807) is 37.3 Å². The first-order valence-corrected chi connectivity index (χ1v) is 14.0. The lowest BCUT2D eigenvalue weighted by Crippen LogP contribution is -2.51. The van der Waals surface area contributed by atoms with E-state index >= 15 is 0 Å². The Morgan fingerprint density at radius 3 is 2.14 bits per heavy atom. The number of rotatable bonds is 11. The average Bonchev–Trinajstić information content (AvgIpc) is 2.80. The predicted octanol–water partition coefficient (Wildman–Crippen LogP) is 4.83. The molecular formula is C25H33Cl2N3O4S. The number of carbonyl (C=O) groups excluding carboxylic acids is 2. The molecule has 0 aromatic heterocycles. The molecule has 192 valence electrons. The number of anilines is 1. The van der Waals surface area contributed by atoms with Crippen molar-refractivity contribution >= 4 is 50.7 Å². The van der Waals surface area contributed by atoms with Crippen LogP contribution in [0.4, 0.5) is 5.69 Å². The number of hydrogen-bond donors (Lipinski definition) is 1. The quantitative estimate of drug-likeness (QED) is 0.441. The zero-order valence-electron chi connectivity index (χ0n) is 20.7. The lowest BCUT2D eigenvalue weighted by Gasteiger charge is -2.31.